The van der Waals surface area contributed by atoms with E-state index in [0.29, 0.717) is 16.2 Å². The Labute approximate surface area is 78.8 Å². The van der Waals surface area contributed by atoms with E-state index in [1.807, 2.05) is 0 Å². The van der Waals surface area contributed by atoms with Gasteiger partial charge in [0.1, 0.15) is 0 Å². The van der Waals surface area contributed by atoms with Gasteiger partial charge in [-0.15, -0.1) is 0 Å². The second kappa shape index (κ2) is 20.2. The summed E-state index contributed by atoms with van der Waals surface area (Å²) in [6.45, 7) is 0. The molecule has 0 aromatic rings. The van der Waals surface area contributed by atoms with Crippen molar-refractivity contribution in [2.75, 3.05) is 0 Å². The van der Waals surface area contributed by atoms with Crippen molar-refractivity contribution in [3.05, 3.63) is 0 Å². The van der Waals surface area contributed by atoms with Crippen molar-refractivity contribution in [3.63, 3.8) is 0 Å². The van der Waals surface area contributed by atoms with E-state index < -0.39 is 0 Å². The van der Waals surface area contributed by atoms with Crippen LogP contribution in [-0.4, -0.2) is 73.5 Å². The van der Waals surface area contributed by atoms with Gasteiger partial charge in [0, 0.05) is 8.41 Å². The summed E-state index contributed by atoms with van der Waals surface area (Å²) in [5.74, 6) is 0. The van der Waals surface area contributed by atoms with Gasteiger partial charge < -0.3 is 2.85 Å². The molecule has 0 N–H and O–H groups in total. The van der Waals surface area contributed by atoms with E-state index in [2.05, 4.69) is 0 Å². The number of rotatable bonds is 0. The van der Waals surface area contributed by atoms with E-state index in [1.165, 1.54) is 0 Å². The molecule has 0 rings (SSSR count). The van der Waals surface area contributed by atoms with Gasteiger partial charge in [0.2, 0.25) is 0 Å². The van der Waals surface area contributed by atoms with Crippen molar-refractivity contribution in [1.82, 2.24) is 0 Å². The molecule has 1 nitrogen and oxygen atoms in total. The van der Waals surface area contributed by atoms with Crippen LogP contribution in [0.25, 0.3) is 0 Å². The molecule has 0 aromatic carbocycles. The molecule has 0 bridgehead atoms. The van der Waals surface area contributed by atoms with E-state index >= 15 is 0 Å². The molecule has 3 radical (unpaired) electrons. The first-order valence-corrected chi connectivity index (χ1v) is 0.866. The average molecular weight is 194 g/mol. The molecule has 0 atom stereocenters. The van der Waals surface area contributed by atoms with Gasteiger partial charge >= 0.3 is 68.9 Å². The molecule has 4 heavy (non-hydrogen) atoms. The van der Waals surface area contributed by atoms with Gasteiger partial charge in [-0.2, -0.15) is 0 Å². The van der Waals surface area contributed by atoms with Crippen molar-refractivity contribution >= 4 is 73.5 Å². The quantitative estimate of drug-likeness (QED) is 0.438. The van der Waals surface area contributed by atoms with Crippen LogP contribution in [0.3, 0.4) is 0 Å². The molecule has 0 aliphatic rings. The first-order valence-electron chi connectivity index (χ1n) is 0.289. The summed E-state index contributed by atoms with van der Waals surface area (Å²) in [5, 5.41) is 0. The van der Waals surface area contributed by atoms with Gasteiger partial charge in [-0.3, -0.25) is 0 Å². The summed E-state index contributed by atoms with van der Waals surface area (Å²) < 4.78 is 8.28. The summed E-state index contributed by atoms with van der Waals surface area (Å²) >= 11 is 0.611. The zero-order valence-electron chi connectivity index (χ0n) is 4.40. The maximum absolute atomic E-state index is 8.28. The van der Waals surface area contributed by atoms with Gasteiger partial charge in [0.15, 0.2) is 0 Å². The predicted molar refractivity (Wildman–Crippen MR) is 21.6 cm³/mol. The Morgan fingerprint density at radius 1 is 1.50 bits per heavy atom. The van der Waals surface area contributed by atoms with E-state index in [1.54, 1.807) is 0 Å². The van der Waals surface area contributed by atoms with E-state index in [4.69, 9.17) is 3.80 Å². The zero-order valence-corrected chi connectivity index (χ0v) is 8.25. The molecular formula is H3AlBBaO. The molecule has 0 saturated carbocycles. The van der Waals surface area contributed by atoms with Gasteiger partial charge in [-0.25, -0.2) is 0 Å². The summed E-state index contributed by atoms with van der Waals surface area (Å²) in [6, 6.07) is 0. The van der Waals surface area contributed by atoms with Crippen LogP contribution >= 0.6 is 0 Å². The van der Waals surface area contributed by atoms with Crippen molar-refractivity contribution in [2.24, 2.45) is 0 Å². The minimum atomic E-state index is 0. The van der Waals surface area contributed by atoms with Crippen LogP contribution in [0.15, 0.2) is 0 Å². The molecule has 0 aromatic heterocycles. The van der Waals surface area contributed by atoms with Gasteiger partial charge in [-0.05, 0) is 0 Å². The fourth-order valence-corrected chi connectivity index (χ4v) is 0. The fourth-order valence-electron chi connectivity index (χ4n) is 0. The fraction of sp³-hybridized carbons (Fsp3) is 0. The first kappa shape index (κ1) is 16.7. The Bertz CT molecular complexity index is 13.5. The molecule has 0 heterocycles. The van der Waals surface area contributed by atoms with Crippen LogP contribution in [0.2, 0.25) is 0 Å². The van der Waals surface area contributed by atoms with Crippen molar-refractivity contribution < 1.29 is 6.66 Å². The first-order chi connectivity index (χ1) is 1.00. The molecule has 0 aliphatic carbocycles. The summed E-state index contributed by atoms with van der Waals surface area (Å²) in [4.78, 5) is 0. The van der Waals surface area contributed by atoms with Crippen LogP contribution in [0.1, 0.15) is 2.85 Å². The van der Waals surface area contributed by atoms with Crippen LogP contribution < -0.4 is 0 Å². The average Bonchev–Trinajstić information content (AvgIpc) is 1.00. The van der Waals surface area contributed by atoms with E-state index in [0.717, 1.165) is 0 Å². The Kier molecular flexibility index (Phi) is 84.4. The van der Waals surface area contributed by atoms with E-state index in [9.17, 15) is 0 Å². The number of hydrogen-bond donors (Lipinski definition) is 0. The molecule has 0 fully saturated rings. The topological polar surface area (TPSA) is 17.1 Å². The third kappa shape index (κ3) is 9.02. The van der Waals surface area contributed by atoms with Crippen LogP contribution in [0.4, 0.5) is 0 Å². The molecule has 0 aliphatic heterocycles. The third-order valence-corrected chi connectivity index (χ3v) is 0. The Balaban J connectivity index is -0.000000000833. The predicted octanol–water partition coefficient (Wildman–Crippen LogP) is -1.30. The molecule has 0 spiro atoms. The second-order valence-corrected chi connectivity index (χ2v) is 0. The van der Waals surface area contributed by atoms with Gasteiger partial charge in [-0.1, -0.05) is 0 Å². The minimum absolute atomic E-state index is 0. The normalized spacial score (nSPS) is 0.750. The molecule has 17 valence electrons. The zero-order chi connectivity index (χ0) is 2.00. The monoisotopic (exact) mass is 195 g/mol. The van der Waals surface area contributed by atoms with Crippen molar-refractivity contribution in [1.29, 1.82) is 0 Å². The van der Waals surface area contributed by atoms with Crippen molar-refractivity contribution in [2.45, 2.75) is 0 Å². The SMILES string of the molecule is [B].[Ba+2].[H-].[H-].[O]=[AlH]. The standard InChI is InChI=1S/Al.B.Ba.O.3H/q;;+2;;;2*-1. The van der Waals surface area contributed by atoms with Crippen LogP contribution in [0, 0.1) is 0 Å². The Hall–Kier alpha value is 1.97. The summed E-state index contributed by atoms with van der Waals surface area (Å²) in [5.41, 5.74) is 0. The summed E-state index contributed by atoms with van der Waals surface area (Å²) in [7, 11) is 0. The van der Waals surface area contributed by atoms with Gasteiger partial charge in [0.05, 0.1) is 0 Å². The maximum atomic E-state index is 8.28. The van der Waals surface area contributed by atoms with E-state index in [-0.39, 0.29) is 60.1 Å². The number of hydrogen-bond acceptors (Lipinski definition) is 1. The molecule has 0 saturated heterocycles. The van der Waals surface area contributed by atoms with Crippen molar-refractivity contribution in [3.8, 4) is 0 Å². The molecule has 4 heteroatoms. The Morgan fingerprint density at radius 3 is 1.50 bits per heavy atom. The third-order valence-electron chi connectivity index (χ3n) is 0. The molecular weight excluding hydrogens is 191 g/mol. The molecule has 0 unspecified atom stereocenters. The summed E-state index contributed by atoms with van der Waals surface area (Å²) in [6.07, 6.45) is 0. The van der Waals surface area contributed by atoms with Crippen LogP contribution in [-0.2, 0) is 3.80 Å². The Morgan fingerprint density at radius 2 is 1.50 bits per heavy atom. The van der Waals surface area contributed by atoms with Gasteiger partial charge in [0.25, 0.3) is 0 Å². The molecule has 0 amide bonds. The van der Waals surface area contributed by atoms with Crippen LogP contribution in [0.5, 0.6) is 0 Å². The second-order valence-electron chi connectivity index (χ2n) is 0.